The molecule has 0 fully saturated rings. The summed E-state index contributed by atoms with van der Waals surface area (Å²) in [6, 6.07) is 0. The van der Waals surface area contributed by atoms with Gasteiger partial charge in [0.25, 0.3) is 0 Å². The Kier molecular flexibility index (Phi) is 2.91. The van der Waals surface area contributed by atoms with Gasteiger partial charge in [-0.2, -0.15) is 0 Å². The van der Waals surface area contributed by atoms with E-state index in [1.165, 1.54) is 24.0 Å². The summed E-state index contributed by atoms with van der Waals surface area (Å²) in [5.41, 5.74) is 2.77. The highest BCUT2D eigenvalue weighted by atomic mass is 14.0. The van der Waals surface area contributed by atoms with Gasteiger partial charge < -0.3 is 0 Å². The first-order valence-corrected chi connectivity index (χ1v) is 4.00. The molecule has 0 aromatic heterocycles. The molecule has 0 saturated heterocycles. The lowest BCUT2D eigenvalue weighted by molar-refractivity contribution is 0.968. The third kappa shape index (κ3) is 2.23. The van der Waals surface area contributed by atoms with Gasteiger partial charge in [-0.25, -0.2) is 0 Å². The Hall–Kier alpha value is -1.04. The summed E-state index contributed by atoms with van der Waals surface area (Å²) in [7, 11) is 0. The zero-order chi connectivity index (χ0) is 8.10. The summed E-state index contributed by atoms with van der Waals surface area (Å²) in [5.74, 6) is 0. The Morgan fingerprint density at radius 1 is 1.64 bits per heavy atom. The first kappa shape index (κ1) is 8.06. The zero-order valence-electron chi connectivity index (χ0n) is 7.01. The van der Waals surface area contributed by atoms with Crippen molar-refractivity contribution in [2.45, 2.75) is 19.8 Å². The molecule has 0 amide bonds. The highest BCUT2D eigenvalue weighted by Gasteiger charge is 1.99. The van der Waals surface area contributed by atoms with Crippen LogP contribution in [0.15, 0.2) is 48.1 Å². The van der Waals surface area contributed by atoms with Gasteiger partial charge in [-0.05, 0) is 30.9 Å². The Balaban J connectivity index is 2.73. The van der Waals surface area contributed by atoms with E-state index in [0.717, 1.165) is 0 Å². The lowest BCUT2D eigenvalue weighted by atomic mass is 9.98. The van der Waals surface area contributed by atoms with Crippen molar-refractivity contribution in [1.29, 1.82) is 0 Å². The SMILES string of the molecule is C=C/C=C(/C)C1=CC=CCC1. The van der Waals surface area contributed by atoms with Crippen LogP contribution in [0, 0.1) is 0 Å². The molecule has 11 heavy (non-hydrogen) atoms. The van der Waals surface area contributed by atoms with Crippen LogP contribution in [0.25, 0.3) is 0 Å². The van der Waals surface area contributed by atoms with Crippen molar-refractivity contribution in [2.24, 2.45) is 0 Å². The van der Waals surface area contributed by atoms with E-state index in [9.17, 15) is 0 Å². The van der Waals surface area contributed by atoms with Crippen LogP contribution >= 0.6 is 0 Å². The van der Waals surface area contributed by atoms with E-state index in [4.69, 9.17) is 0 Å². The second kappa shape index (κ2) is 3.97. The van der Waals surface area contributed by atoms with Gasteiger partial charge in [-0.1, -0.05) is 37.0 Å². The van der Waals surface area contributed by atoms with Crippen molar-refractivity contribution >= 4 is 0 Å². The van der Waals surface area contributed by atoms with Crippen LogP contribution in [-0.2, 0) is 0 Å². The zero-order valence-corrected chi connectivity index (χ0v) is 7.01. The molecule has 0 radical (unpaired) electrons. The first-order valence-electron chi connectivity index (χ1n) is 4.00. The Bertz CT molecular complexity index is 226. The minimum atomic E-state index is 1.17. The minimum Gasteiger partial charge on any atom is -0.0991 e. The van der Waals surface area contributed by atoms with Gasteiger partial charge in [-0.3, -0.25) is 0 Å². The van der Waals surface area contributed by atoms with Crippen molar-refractivity contribution in [2.75, 3.05) is 0 Å². The fourth-order valence-electron chi connectivity index (χ4n) is 1.22. The average Bonchev–Trinajstić information content (AvgIpc) is 2.07. The number of hydrogen-bond acceptors (Lipinski definition) is 0. The molecule has 58 valence electrons. The molecule has 0 nitrogen and oxygen atoms in total. The number of hydrogen-bond donors (Lipinski definition) is 0. The van der Waals surface area contributed by atoms with E-state index in [0.29, 0.717) is 0 Å². The molecule has 0 aliphatic heterocycles. The van der Waals surface area contributed by atoms with Crippen LogP contribution in [-0.4, -0.2) is 0 Å². The molecule has 0 aromatic carbocycles. The van der Waals surface area contributed by atoms with Gasteiger partial charge in [0.15, 0.2) is 0 Å². The van der Waals surface area contributed by atoms with E-state index in [1.807, 2.05) is 6.08 Å². The van der Waals surface area contributed by atoms with Crippen LogP contribution in [0.2, 0.25) is 0 Å². The molecule has 0 bridgehead atoms. The van der Waals surface area contributed by atoms with Crippen LogP contribution < -0.4 is 0 Å². The van der Waals surface area contributed by atoms with Gasteiger partial charge in [0.05, 0.1) is 0 Å². The molecule has 0 heteroatoms. The summed E-state index contributed by atoms with van der Waals surface area (Å²) < 4.78 is 0. The maximum absolute atomic E-state index is 3.67. The molecule has 0 saturated carbocycles. The van der Waals surface area contributed by atoms with Crippen molar-refractivity contribution in [3.8, 4) is 0 Å². The monoisotopic (exact) mass is 146 g/mol. The van der Waals surface area contributed by atoms with E-state index in [-0.39, 0.29) is 0 Å². The molecule has 1 rings (SSSR count). The van der Waals surface area contributed by atoms with Crippen LogP contribution in [0.3, 0.4) is 0 Å². The Labute approximate surface area is 68.6 Å². The maximum atomic E-state index is 3.67. The van der Waals surface area contributed by atoms with Crippen LogP contribution in [0.5, 0.6) is 0 Å². The minimum absolute atomic E-state index is 1.17. The van der Waals surface area contributed by atoms with Gasteiger partial charge in [0, 0.05) is 0 Å². The predicted octanol–water partition coefficient (Wildman–Crippen LogP) is 3.40. The van der Waals surface area contributed by atoms with Gasteiger partial charge >= 0.3 is 0 Å². The molecular formula is C11H14. The molecule has 0 aromatic rings. The molecular weight excluding hydrogens is 132 g/mol. The van der Waals surface area contributed by atoms with E-state index in [2.05, 4.69) is 37.8 Å². The smallest absolute Gasteiger partial charge is 0.0241 e. The maximum Gasteiger partial charge on any atom is -0.0241 e. The van der Waals surface area contributed by atoms with Crippen molar-refractivity contribution in [3.05, 3.63) is 48.1 Å². The van der Waals surface area contributed by atoms with Crippen LogP contribution in [0.1, 0.15) is 19.8 Å². The number of rotatable bonds is 2. The fourth-order valence-corrected chi connectivity index (χ4v) is 1.22. The van der Waals surface area contributed by atoms with E-state index in [1.54, 1.807) is 0 Å². The molecule has 0 heterocycles. The van der Waals surface area contributed by atoms with E-state index < -0.39 is 0 Å². The lowest BCUT2D eigenvalue weighted by Gasteiger charge is -2.07. The quantitative estimate of drug-likeness (QED) is 0.524. The fraction of sp³-hybridized carbons (Fsp3) is 0.273. The summed E-state index contributed by atoms with van der Waals surface area (Å²) >= 11 is 0. The van der Waals surface area contributed by atoms with E-state index >= 15 is 0 Å². The summed E-state index contributed by atoms with van der Waals surface area (Å²) in [4.78, 5) is 0. The second-order valence-electron chi connectivity index (χ2n) is 2.74. The van der Waals surface area contributed by atoms with Gasteiger partial charge in [0.1, 0.15) is 0 Å². The van der Waals surface area contributed by atoms with Crippen LogP contribution in [0.4, 0.5) is 0 Å². The number of allylic oxidation sites excluding steroid dienone is 7. The standard InChI is InChI=1S/C11H14/c1-3-7-10(2)11-8-5-4-6-9-11/h3-5,7-8H,1,6,9H2,2H3/b10-7-. The van der Waals surface area contributed by atoms with Gasteiger partial charge in [0.2, 0.25) is 0 Å². The normalized spacial score (nSPS) is 17.9. The summed E-state index contributed by atoms with van der Waals surface area (Å²) in [5, 5.41) is 0. The molecule has 1 aliphatic carbocycles. The molecule has 1 aliphatic rings. The largest absolute Gasteiger partial charge is 0.0991 e. The second-order valence-corrected chi connectivity index (χ2v) is 2.74. The lowest BCUT2D eigenvalue weighted by Crippen LogP contribution is -1.88. The summed E-state index contributed by atoms with van der Waals surface area (Å²) in [6.07, 6.45) is 12.8. The predicted molar refractivity (Wildman–Crippen MR) is 50.4 cm³/mol. The third-order valence-electron chi connectivity index (χ3n) is 1.89. The summed E-state index contributed by atoms with van der Waals surface area (Å²) in [6.45, 7) is 5.81. The highest BCUT2D eigenvalue weighted by molar-refractivity contribution is 5.36. The highest BCUT2D eigenvalue weighted by Crippen LogP contribution is 2.19. The molecule has 0 N–H and O–H groups in total. The van der Waals surface area contributed by atoms with Crippen molar-refractivity contribution < 1.29 is 0 Å². The van der Waals surface area contributed by atoms with Gasteiger partial charge in [-0.15, -0.1) is 0 Å². The topological polar surface area (TPSA) is 0 Å². The third-order valence-corrected chi connectivity index (χ3v) is 1.89. The van der Waals surface area contributed by atoms with Crippen molar-refractivity contribution in [1.82, 2.24) is 0 Å². The Morgan fingerprint density at radius 3 is 3.00 bits per heavy atom. The molecule has 0 spiro atoms. The average molecular weight is 146 g/mol. The first-order chi connectivity index (χ1) is 5.34. The molecule has 0 unspecified atom stereocenters. The Morgan fingerprint density at radius 2 is 2.45 bits per heavy atom. The van der Waals surface area contributed by atoms with Crippen molar-refractivity contribution in [3.63, 3.8) is 0 Å². The molecule has 0 atom stereocenters.